The molecule has 1 aromatic heterocycles. The van der Waals surface area contributed by atoms with Crippen LogP contribution in [0.15, 0.2) is 18.6 Å². The molecule has 4 aliphatic rings. The number of Topliss-reactive ketones (excluding diaryl/α,β-unsaturated/α-hetero) is 2. The van der Waals surface area contributed by atoms with E-state index in [1.165, 1.54) is 18.6 Å². The van der Waals surface area contributed by atoms with Gasteiger partial charge in [0.05, 0.1) is 12.2 Å². The molecule has 0 unspecified atom stereocenters. The van der Waals surface area contributed by atoms with Gasteiger partial charge in [-0.1, -0.05) is 66.2 Å². The van der Waals surface area contributed by atoms with E-state index in [-0.39, 0.29) is 29.5 Å². The molecule has 4 amide bonds. The van der Waals surface area contributed by atoms with Crippen molar-refractivity contribution in [3.05, 3.63) is 24.3 Å². The van der Waals surface area contributed by atoms with Crippen LogP contribution >= 0.6 is 0 Å². The van der Waals surface area contributed by atoms with Crippen LogP contribution in [-0.4, -0.2) is 93.0 Å². The molecule has 7 atom stereocenters. The molecule has 0 spiro atoms. The van der Waals surface area contributed by atoms with Gasteiger partial charge in [-0.25, -0.2) is 4.98 Å². The molecule has 2 aliphatic carbocycles. The van der Waals surface area contributed by atoms with E-state index >= 15 is 0 Å². The van der Waals surface area contributed by atoms with Crippen LogP contribution in [0.25, 0.3) is 0 Å². The highest BCUT2D eigenvalue weighted by molar-refractivity contribution is 6.41. The summed E-state index contributed by atoms with van der Waals surface area (Å²) in [5.74, 6) is -3.08. The number of ketones is 2. The van der Waals surface area contributed by atoms with Gasteiger partial charge in [-0.15, -0.1) is 0 Å². The second kappa shape index (κ2) is 17.2. The molecule has 3 heterocycles. The molecule has 2 saturated heterocycles. The normalized spacial score (nSPS) is 25.6. The van der Waals surface area contributed by atoms with Crippen molar-refractivity contribution in [3.63, 3.8) is 0 Å². The van der Waals surface area contributed by atoms with Gasteiger partial charge in [-0.2, -0.15) is 0 Å². The molecule has 51 heavy (non-hydrogen) atoms. The quantitative estimate of drug-likeness (QED) is 0.259. The Morgan fingerprint density at radius 3 is 2.27 bits per heavy atom. The summed E-state index contributed by atoms with van der Waals surface area (Å²) in [5.41, 5.74) is -0.651. The Bertz CT molecular complexity index is 1420. The van der Waals surface area contributed by atoms with E-state index < -0.39 is 65.0 Å². The van der Waals surface area contributed by atoms with E-state index in [4.69, 9.17) is 4.74 Å². The average Bonchev–Trinajstić information content (AvgIpc) is 3.81. The van der Waals surface area contributed by atoms with Crippen molar-refractivity contribution < 1.29 is 33.5 Å². The summed E-state index contributed by atoms with van der Waals surface area (Å²) in [4.78, 5) is 92.6. The van der Waals surface area contributed by atoms with Crippen molar-refractivity contribution >= 4 is 35.2 Å². The van der Waals surface area contributed by atoms with Crippen molar-refractivity contribution in [1.29, 1.82) is 0 Å². The highest BCUT2D eigenvalue weighted by Gasteiger charge is 2.51. The van der Waals surface area contributed by atoms with Crippen LogP contribution < -0.4 is 16.0 Å². The molecule has 0 radical (unpaired) electrons. The van der Waals surface area contributed by atoms with Gasteiger partial charge < -0.3 is 25.6 Å². The predicted molar refractivity (Wildman–Crippen MR) is 188 cm³/mol. The van der Waals surface area contributed by atoms with Gasteiger partial charge in [0.25, 0.3) is 5.91 Å². The maximum Gasteiger partial charge on any atom is 0.272 e. The van der Waals surface area contributed by atoms with Crippen molar-refractivity contribution in [3.8, 4) is 0 Å². The molecule has 3 N–H and O–H groups in total. The molecule has 280 valence electrons. The summed E-state index contributed by atoms with van der Waals surface area (Å²) in [6.07, 6.45) is 13.9. The zero-order valence-corrected chi connectivity index (χ0v) is 30.7. The van der Waals surface area contributed by atoms with Crippen LogP contribution in [0.3, 0.4) is 0 Å². The van der Waals surface area contributed by atoms with Crippen LogP contribution in [0, 0.1) is 17.3 Å². The molecule has 5 rings (SSSR count). The minimum atomic E-state index is -1.01. The number of nitrogens with one attached hydrogen (secondary N) is 3. The Balaban J connectivity index is 1.38. The molecule has 1 aromatic rings. The van der Waals surface area contributed by atoms with E-state index in [2.05, 4.69) is 25.9 Å². The SMILES string of the molecule is CCC[C@H](NC(=O)[C@@H]1C[C@@H]2CCCC[C@@H]2N1C(=O)[C@@H](NC(=O)[C@@H](NC(=O)c1cnccn1)C1CCCCC1)C(C)(C)C)C(=O)C(=O)[C@@H]1CCCO1. The maximum atomic E-state index is 14.9. The highest BCUT2D eigenvalue weighted by Crippen LogP contribution is 2.41. The lowest BCUT2D eigenvalue weighted by Gasteiger charge is -2.40. The Morgan fingerprint density at radius 2 is 1.63 bits per heavy atom. The number of amides is 4. The molecule has 2 saturated carbocycles. The van der Waals surface area contributed by atoms with Crippen molar-refractivity contribution in [2.75, 3.05) is 6.61 Å². The zero-order valence-electron chi connectivity index (χ0n) is 30.7. The van der Waals surface area contributed by atoms with Crippen LogP contribution in [0.5, 0.6) is 0 Å². The van der Waals surface area contributed by atoms with Crippen molar-refractivity contribution in [2.45, 2.75) is 154 Å². The Morgan fingerprint density at radius 1 is 0.902 bits per heavy atom. The molecular formula is C38H56N6O7. The lowest BCUT2D eigenvalue weighted by Crippen LogP contribution is -2.63. The fraction of sp³-hybridized carbons (Fsp3) is 0.737. The number of carbonyl (C=O) groups excluding carboxylic acids is 6. The van der Waals surface area contributed by atoms with Gasteiger partial charge in [-0.3, -0.25) is 33.8 Å². The lowest BCUT2D eigenvalue weighted by atomic mass is 9.81. The van der Waals surface area contributed by atoms with E-state index in [1.807, 2.05) is 27.7 Å². The van der Waals surface area contributed by atoms with Gasteiger partial charge >= 0.3 is 0 Å². The molecule has 13 nitrogen and oxygen atoms in total. The van der Waals surface area contributed by atoms with E-state index in [0.29, 0.717) is 38.7 Å². The third kappa shape index (κ3) is 9.20. The maximum absolute atomic E-state index is 14.9. The van der Waals surface area contributed by atoms with E-state index in [0.717, 1.165) is 57.8 Å². The number of ether oxygens (including phenoxy) is 1. The highest BCUT2D eigenvalue weighted by atomic mass is 16.5. The number of fused-ring (bicyclic) bond motifs is 1. The number of hydrogen-bond acceptors (Lipinski definition) is 9. The summed E-state index contributed by atoms with van der Waals surface area (Å²) in [5, 5.41) is 8.82. The Kier molecular flexibility index (Phi) is 13.0. The predicted octanol–water partition coefficient (Wildman–Crippen LogP) is 3.45. The summed E-state index contributed by atoms with van der Waals surface area (Å²) >= 11 is 0. The number of carbonyl (C=O) groups is 6. The first-order valence-corrected chi connectivity index (χ1v) is 19.1. The van der Waals surface area contributed by atoms with Gasteiger partial charge in [0, 0.05) is 25.0 Å². The fourth-order valence-electron chi connectivity index (χ4n) is 8.48. The van der Waals surface area contributed by atoms with Crippen molar-refractivity contribution in [2.24, 2.45) is 17.3 Å². The minimum Gasteiger partial charge on any atom is -0.370 e. The topological polar surface area (TPSA) is 177 Å². The minimum absolute atomic E-state index is 0.0983. The molecule has 2 aliphatic heterocycles. The van der Waals surface area contributed by atoms with E-state index in [1.54, 1.807) is 4.90 Å². The van der Waals surface area contributed by atoms with E-state index in [9.17, 15) is 28.8 Å². The van der Waals surface area contributed by atoms with Crippen molar-refractivity contribution in [1.82, 2.24) is 30.8 Å². The molecule has 0 aromatic carbocycles. The lowest BCUT2D eigenvalue weighted by molar-refractivity contribution is -0.148. The third-order valence-corrected chi connectivity index (χ3v) is 11.2. The summed E-state index contributed by atoms with van der Waals surface area (Å²) < 4.78 is 5.47. The second-order valence-corrected chi connectivity index (χ2v) is 15.9. The largest absolute Gasteiger partial charge is 0.370 e. The smallest absolute Gasteiger partial charge is 0.272 e. The number of nitrogens with zero attached hydrogens (tertiary/aromatic N) is 3. The van der Waals surface area contributed by atoms with Gasteiger partial charge in [0.15, 0.2) is 0 Å². The number of hydrogen-bond donors (Lipinski definition) is 3. The monoisotopic (exact) mass is 708 g/mol. The number of likely N-dealkylation sites (tertiary alicyclic amines) is 1. The zero-order chi connectivity index (χ0) is 36.7. The first-order valence-electron chi connectivity index (χ1n) is 19.1. The molecule has 4 fully saturated rings. The van der Waals surface area contributed by atoms with Crippen LogP contribution in [0.1, 0.15) is 128 Å². The third-order valence-electron chi connectivity index (χ3n) is 11.2. The summed E-state index contributed by atoms with van der Waals surface area (Å²) in [7, 11) is 0. The standard InChI is InChI=1S/C38H56N6O7/c1-5-12-25(31(45)32(46)29-17-11-20-51-29)41-35(48)28-21-24-15-9-10-16-27(24)44(28)37(50)33(38(2,3)4)43-36(49)30(23-13-7-6-8-14-23)42-34(47)26-22-39-18-19-40-26/h18-19,22-25,27-30,33H,5-17,20-21H2,1-4H3,(H,41,48)(H,42,47)(H,43,49)/t24-,25-,27-,28-,29-,30-,33+/m0/s1. The van der Waals surface area contributed by atoms with Crippen LogP contribution in [-0.2, 0) is 28.7 Å². The Labute approximate surface area is 301 Å². The second-order valence-electron chi connectivity index (χ2n) is 15.9. The summed E-state index contributed by atoms with van der Waals surface area (Å²) in [6.45, 7) is 7.94. The van der Waals surface area contributed by atoms with Crippen LogP contribution in [0.2, 0.25) is 0 Å². The van der Waals surface area contributed by atoms with Gasteiger partial charge in [-0.05, 0) is 68.6 Å². The fourth-order valence-corrected chi connectivity index (χ4v) is 8.48. The number of rotatable bonds is 13. The first kappa shape index (κ1) is 38.5. The summed E-state index contributed by atoms with van der Waals surface area (Å²) in [6, 6.07) is -3.95. The first-order chi connectivity index (χ1) is 24.4. The Hall–Kier alpha value is -3.74. The van der Waals surface area contributed by atoms with Crippen LogP contribution in [0.4, 0.5) is 0 Å². The van der Waals surface area contributed by atoms with Gasteiger partial charge in [0.1, 0.15) is 29.9 Å². The molecular weight excluding hydrogens is 652 g/mol. The number of aromatic nitrogens is 2. The molecule has 0 bridgehead atoms. The average molecular weight is 709 g/mol. The van der Waals surface area contributed by atoms with Gasteiger partial charge in [0.2, 0.25) is 29.3 Å². The molecule has 13 heteroatoms.